The zero-order valence-electron chi connectivity index (χ0n) is 19.1. The van der Waals surface area contributed by atoms with Gasteiger partial charge in [0.2, 0.25) is 5.95 Å². The molecule has 188 valence electrons. The predicted molar refractivity (Wildman–Crippen MR) is 130 cm³/mol. The van der Waals surface area contributed by atoms with E-state index in [2.05, 4.69) is 24.9 Å². The number of amides is 1. The average molecular weight is 509 g/mol. The van der Waals surface area contributed by atoms with Crippen LogP contribution in [0.25, 0.3) is 32.9 Å². The Balaban J connectivity index is 1.59. The van der Waals surface area contributed by atoms with Crippen LogP contribution in [0.3, 0.4) is 0 Å². The van der Waals surface area contributed by atoms with Crippen LogP contribution in [0.5, 0.6) is 5.75 Å². The van der Waals surface area contributed by atoms with E-state index >= 15 is 0 Å². The smallest absolute Gasteiger partial charge is 0.465 e. The van der Waals surface area contributed by atoms with Gasteiger partial charge in [-0.1, -0.05) is 30.3 Å². The monoisotopic (exact) mass is 509 g/mol. The quantitative estimate of drug-likeness (QED) is 0.304. The van der Waals surface area contributed by atoms with Crippen LogP contribution in [0.4, 0.5) is 23.9 Å². The molecule has 12 heteroatoms. The van der Waals surface area contributed by atoms with E-state index in [0.29, 0.717) is 38.6 Å². The van der Waals surface area contributed by atoms with Gasteiger partial charge in [-0.15, -0.1) is 13.2 Å². The first-order valence-electron chi connectivity index (χ1n) is 10.9. The Labute approximate surface area is 206 Å². The first-order valence-corrected chi connectivity index (χ1v) is 10.9. The van der Waals surface area contributed by atoms with E-state index in [0.717, 1.165) is 4.90 Å². The number of rotatable bonds is 5. The van der Waals surface area contributed by atoms with Crippen LogP contribution in [0, 0.1) is 0 Å². The number of hydrogen-bond acceptors (Lipinski definition) is 5. The molecular weight excluding hydrogens is 491 g/mol. The number of halogens is 3. The van der Waals surface area contributed by atoms with Gasteiger partial charge in [0.25, 0.3) is 5.56 Å². The number of anilines is 1. The topological polar surface area (TPSA) is 124 Å². The number of nitrogens with one attached hydrogen (secondary N) is 2. The van der Waals surface area contributed by atoms with Gasteiger partial charge >= 0.3 is 12.5 Å². The number of carbonyl (C=O) groups is 1. The molecule has 5 rings (SSSR count). The maximum absolute atomic E-state index is 13.2. The maximum Gasteiger partial charge on any atom is 0.573 e. The lowest BCUT2D eigenvalue weighted by Gasteiger charge is -2.15. The molecule has 5 aromatic rings. The predicted octanol–water partition coefficient (Wildman–Crippen LogP) is 5.07. The second-order valence-electron chi connectivity index (χ2n) is 8.23. The van der Waals surface area contributed by atoms with Crippen LogP contribution < -0.4 is 15.2 Å². The van der Waals surface area contributed by atoms with E-state index in [-0.39, 0.29) is 23.5 Å². The summed E-state index contributed by atoms with van der Waals surface area (Å²) < 4.78 is 43.8. The zero-order chi connectivity index (χ0) is 26.3. The van der Waals surface area contributed by atoms with Crippen LogP contribution in [-0.2, 0) is 6.42 Å². The molecule has 0 saturated heterocycles. The minimum absolute atomic E-state index is 0.0659. The third kappa shape index (κ3) is 4.81. The summed E-state index contributed by atoms with van der Waals surface area (Å²) in [7, 11) is 1.31. The van der Waals surface area contributed by atoms with Crippen LogP contribution in [0.15, 0.2) is 65.5 Å². The van der Waals surface area contributed by atoms with Crippen LogP contribution in [-0.4, -0.2) is 44.8 Å². The van der Waals surface area contributed by atoms with Crippen molar-refractivity contribution in [3.63, 3.8) is 0 Å². The van der Waals surface area contributed by atoms with E-state index < -0.39 is 18.2 Å². The molecule has 0 aliphatic rings. The first-order chi connectivity index (χ1) is 17.6. The summed E-state index contributed by atoms with van der Waals surface area (Å²) in [6.45, 7) is 0. The van der Waals surface area contributed by atoms with E-state index in [4.69, 9.17) is 0 Å². The first kappa shape index (κ1) is 23.9. The fourth-order valence-electron chi connectivity index (χ4n) is 4.04. The van der Waals surface area contributed by atoms with Gasteiger partial charge in [0.1, 0.15) is 5.75 Å². The normalized spacial score (nSPS) is 11.7. The molecule has 1 amide bonds. The standard InChI is InChI=1S/C25H18F3N5O4/c1-33(24(35)36)23-29-18-8-7-14(12-20(18)30-23)17-10-13(6-9-21(17)37-25(26,27)28)11-19-15-4-2-3-5-16(15)22(34)32-31-19/h2-10,12H,11H2,1H3,(H,29,30)(H,32,34)(H,35,36). The Morgan fingerprint density at radius 3 is 2.57 bits per heavy atom. The van der Waals surface area contributed by atoms with Crippen molar-refractivity contribution >= 4 is 33.8 Å². The third-order valence-electron chi connectivity index (χ3n) is 5.80. The highest BCUT2D eigenvalue weighted by Gasteiger charge is 2.32. The van der Waals surface area contributed by atoms with E-state index in [1.54, 1.807) is 48.5 Å². The van der Waals surface area contributed by atoms with Gasteiger partial charge in [0.05, 0.1) is 22.1 Å². The van der Waals surface area contributed by atoms with E-state index in [1.807, 2.05) is 0 Å². The van der Waals surface area contributed by atoms with Gasteiger partial charge in [-0.2, -0.15) is 5.10 Å². The van der Waals surface area contributed by atoms with Gasteiger partial charge in [-0.05, 0) is 41.5 Å². The summed E-state index contributed by atoms with van der Waals surface area (Å²) in [6, 6.07) is 15.9. The van der Waals surface area contributed by atoms with Crippen molar-refractivity contribution < 1.29 is 27.8 Å². The van der Waals surface area contributed by atoms with Crippen molar-refractivity contribution in [3.05, 3.63) is 82.3 Å². The van der Waals surface area contributed by atoms with Crippen molar-refractivity contribution in [1.29, 1.82) is 0 Å². The second kappa shape index (κ2) is 8.97. The highest BCUT2D eigenvalue weighted by Crippen LogP contribution is 2.36. The molecule has 2 aromatic heterocycles. The average Bonchev–Trinajstić information content (AvgIpc) is 3.29. The summed E-state index contributed by atoms with van der Waals surface area (Å²) in [5.74, 6) is -0.339. The Hall–Kier alpha value is -4.87. The Bertz CT molecular complexity index is 1710. The second-order valence-corrected chi connectivity index (χ2v) is 8.23. The largest absolute Gasteiger partial charge is 0.573 e. The fraction of sp³-hybridized carbons (Fsp3) is 0.120. The summed E-state index contributed by atoms with van der Waals surface area (Å²) in [5, 5.41) is 16.9. The molecule has 0 aliphatic carbocycles. The van der Waals surface area contributed by atoms with Crippen molar-refractivity contribution in [1.82, 2.24) is 20.2 Å². The van der Waals surface area contributed by atoms with E-state index in [9.17, 15) is 27.9 Å². The van der Waals surface area contributed by atoms with Gasteiger partial charge in [-0.3, -0.25) is 9.69 Å². The number of alkyl halides is 3. The minimum atomic E-state index is -4.91. The number of aromatic nitrogens is 4. The number of aromatic amines is 2. The van der Waals surface area contributed by atoms with Crippen molar-refractivity contribution in [3.8, 4) is 16.9 Å². The van der Waals surface area contributed by atoms with Crippen molar-refractivity contribution in [2.24, 2.45) is 0 Å². The molecule has 0 saturated carbocycles. The molecule has 3 aromatic carbocycles. The van der Waals surface area contributed by atoms with Gasteiger partial charge < -0.3 is 14.8 Å². The number of ether oxygens (including phenoxy) is 1. The summed E-state index contributed by atoms with van der Waals surface area (Å²) >= 11 is 0. The zero-order valence-corrected chi connectivity index (χ0v) is 19.1. The highest BCUT2D eigenvalue weighted by molar-refractivity contribution is 5.89. The number of H-pyrrole nitrogens is 2. The van der Waals surface area contributed by atoms with Gasteiger partial charge in [0, 0.05) is 24.4 Å². The number of fused-ring (bicyclic) bond motifs is 2. The summed E-state index contributed by atoms with van der Waals surface area (Å²) in [4.78, 5) is 31.3. The number of carboxylic acid groups (broad SMARTS) is 1. The van der Waals surface area contributed by atoms with Crippen molar-refractivity contribution in [2.75, 3.05) is 11.9 Å². The molecule has 0 unspecified atom stereocenters. The maximum atomic E-state index is 13.2. The van der Waals surface area contributed by atoms with Crippen LogP contribution >= 0.6 is 0 Å². The minimum Gasteiger partial charge on any atom is -0.465 e. The molecule has 0 aliphatic heterocycles. The fourth-order valence-corrected chi connectivity index (χ4v) is 4.04. The Morgan fingerprint density at radius 2 is 1.84 bits per heavy atom. The Morgan fingerprint density at radius 1 is 1.08 bits per heavy atom. The lowest BCUT2D eigenvalue weighted by atomic mass is 9.98. The molecule has 9 nitrogen and oxygen atoms in total. The molecule has 0 spiro atoms. The molecule has 2 heterocycles. The van der Waals surface area contributed by atoms with Crippen molar-refractivity contribution in [2.45, 2.75) is 12.8 Å². The molecule has 0 bridgehead atoms. The van der Waals surface area contributed by atoms with Crippen LogP contribution in [0.1, 0.15) is 11.3 Å². The SMILES string of the molecule is CN(C(=O)O)c1nc2ccc(-c3cc(Cc4n[nH]c(=O)c5ccccc45)ccc3OC(F)(F)F)cc2[nH]1. The number of hydrogen-bond donors (Lipinski definition) is 3. The molecule has 37 heavy (non-hydrogen) atoms. The van der Waals surface area contributed by atoms with Gasteiger partial charge in [-0.25, -0.2) is 14.9 Å². The molecule has 0 fully saturated rings. The molecule has 0 radical (unpaired) electrons. The summed E-state index contributed by atoms with van der Waals surface area (Å²) in [6.07, 6.45) is -5.91. The summed E-state index contributed by atoms with van der Waals surface area (Å²) in [5.41, 5.74) is 2.26. The Kier molecular flexibility index (Phi) is 5.78. The van der Waals surface area contributed by atoms with E-state index in [1.165, 1.54) is 19.2 Å². The molecule has 3 N–H and O–H groups in total. The number of benzene rings is 3. The molecular formula is C25H18F3N5O4. The number of nitrogens with zero attached hydrogens (tertiary/aromatic N) is 3. The lowest BCUT2D eigenvalue weighted by Crippen LogP contribution is -2.24. The van der Waals surface area contributed by atoms with Gasteiger partial charge in [0.15, 0.2) is 0 Å². The molecule has 0 atom stereocenters. The number of imidazole rings is 1. The highest BCUT2D eigenvalue weighted by atomic mass is 19.4. The third-order valence-corrected chi connectivity index (χ3v) is 5.80. The van der Waals surface area contributed by atoms with Crippen LogP contribution in [0.2, 0.25) is 0 Å². The lowest BCUT2D eigenvalue weighted by molar-refractivity contribution is -0.274.